The van der Waals surface area contributed by atoms with Crippen LogP contribution in [0.1, 0.15) is 12.5 Å². The van der Waals surface area contributed by atoms with Gasteiger partial charge in [-0.3, -0.25) is 9.69 Å². The van der Waals surface area contributed by atoms with Gasteiger partial charge >= 0.3 is 6.03 Å². The molecule has 0 aliphatic carbocycles. The van der Waals surface area contributed by atoms with Gasteiger partial charge in [0.05, 0.1) is 11.6 Å². The lowest BCUT2D eigenvalue weighted by Gasteiger charge is -2.09. The number of hydrogen-bond acceptors (Lipinski definition) is 4. The first-order valence-corrected chi connectivity index (χ1v) is 6.96. The number of imide groups is 1. The van der Waals surface area contributed by atoms with Gasteiger partial charge in [0.25, 0.3) is 5.91 Å². The van der Waals surface area contributed by atoms with Crippen LogP contribution in [0.5, 0.6) is 11.5 Å². The third-order valence-electron chi connectivity index (χ3n) is 2.94. The highest BCUT2D eigenvalue weighted by Gasteiger charge is 2.32. The van der Waals surface area contributed by atoms with E-state index in [1.807, 2.05) is 0 Å². The number of amides is 3. The van der Waals surface area contributed by atoms with Gasteiger partial charge in [-0.15, -0.1) is 6.58 Å². The smallest absolute Gasteiger partial charge is 0.329 e. The predicted molar refractivity (Wildman–Crippen MR) is 82.7 cm³/mol. The summed E-state index contributed by atoms with van der Waals surface area (Å²) in [6.45, 7) is 5.75. The Morgan fingerprint density at radius 3 is 2.82 bits per heavy atom. The van der Waals surface area contributed by atoms with Crippen molar-refractivity contribution >= 4 is 29.6 Å². The van der Waals surface area contributed by atoms with Gasteiger partial charge in [0.2, 0.25) is 0 Å². The van der Waals surface area contributed by atoms with E-state index in [1.165, 1.54) is 24.3 Å². The molecular weight excluding hydrogens is 308 g/mol. The molecule has 1 fully saturated rings. The van der Waals surface area contributed by atoms with E-state index in [1.54, 1.807) is 6.92 Å². The molecule has 1 heterocycles. The molecule has 1 saturated heterocycles. The van der Waals surface area contributed by atoms with Crippen LogP contribution in [0, 0.1) is 0 Å². The molecule has 0 aromatic heterocycles. The number of hydrogen-bond donors (Lipinski definition) is 2. The molecule has 0 unspecified atom stereocenters. The fourth-order valence-corrected chi connectivity index (χ4v) is 2.19. The van der Waals surface area contributed by atoms with Gasteiger partial charge in [-0.2, -0.15) is 0 Å². The van der Waals surface area contributed by atoms with E-state index >= 15 is 0 Å². The summed E-state index contributed by atoms with van der Waals surface area (Å²) < 4.78 is 5.27. The minimum absolute atomic E-state index is 0.0949. The molecule has 1 aliphatic rings. The number of benzene rings is 1. The summed E-state index contributed by atoms with van der Waals surface area (Å²) in [5.74, 6) is -0.408. The number of carbonyl (C=O) groups is 2. The van der Waals surface area contributed by atoms with E-state index in [2.05, 4.69) is 11.9 Å². The zero-order valence-electron chi connectivity index (χ0n) is 11.9. The molecule has 116 valence electrons. The lowest BCUT2D eigenvalue weighted by Crippen LogP contribution is -2.30. The maximum Gasteiger partial charge on any atom is 0.329 e. The molecule has 1 aliphatic heterocycles. The topological polar surface area (TPSA) is 78.9 Å². The van der Waals surface area contributed by atoms with Crippen molar-refractivity contribution < 1.29 is 19.4 Å². The van der Waals surface area contributed by atoms with Gasteiger partial charge in [0, 0.05) is 6.54 Å². The van der Waals surface area contributed by atoms with Crippen LogP contribution >= 0.6 is 11.6 Å². The third-order valence-corrected chi connectivity index (χ3v) is 3.22. The molecule has 2 N–H and O–H groups in total. The van der Waals surface area contributed by atoms with Crippen molar-refractivity contribution in [2.75, 3.05) is 13.2 Å². The SMILES string of the molecule is C=CCN1C(=O)N/C(=C/c2cc(Cl)c(O)c(OCC)c2)C1=O. The van der Waals surface area contributed by atoms with Crippen LogP contribution in [0.25, 0.3) is 6.08 Å². The number of nitrogens with one attached hydrogen (secondary N) is 1. The Morgan fingerprint density at radius 1 is 1.45 bits per heavy atom. The highest BCUT2D eigenvalue weighted by molar-refractivity contribution is 6.32. The summed E-state index contributed by atoms with van der Waals surface area (Å²) in [5, 5.41) is 12.4. The molecule has 0 bridgehead atoms. The molecule has 0 radical (unpaired) electrons. The first kappa shape index (κ1) is 15.9. The van der Waals surface area contributed by atoms with E-state index in [0.29, 0.717) is 12.2 Å². The molecule has 1 aromatic carbocycles. The molecule has 7 heteroatoms. The highest BCUT2D eigenvalue weighted by atomic mass is 35.5. The van der Waals surface area contributed by atoms with Crippen LogP contribution < -0.4 is 10.1 Å². The minimum Gasteiger partial charge on any atom is -0.503 e. The third kappa shape index (κ3) is 3.07. The van der Waals surface area contributed by atoms with Crippen molar-refractivity contribution in [1.82, 2.24) is 10.2 Å². The maximum absolute atomic E-state index is 12.1. The lowest BCUT2D eigenvalue weighted by molar-refractivity contribution is -0.122. The molecule has 0 atom stereocenters. The number of halogens is 1. The lowest BCUT2D eigenvalue weighted by atomic mass is 10.1. The summed E-state index contributed by atoms with van der Waals surface area (Å²) in [7, 11) is 0. The van der Waals surface area contributed by atoms with Gasteiger partial charge in [-0.25, -0.2) is 4.79 Å². The quantitative estimate of drug-likeness (QED) is 0.496. The van der Waals surface area contributed by atoms with E-state index in [4.69, 9.17) is 16.3 Å². The van der Waals surface area contributed by atoms with Crippen molar-refractivity contribution in [2.45, 2.75) is 6.92 Å². The first-order valence-electron chi connectivity index (χ1n) is 6.58. The van der Waals surface area contributed by atoms with E-state index < -0.39 is 11.9 Å². The molecular formula is C15H15ClN2O4. The van der Waals surface area contributed by atoms with Crippen LogP contribution in [0.15, 0.2) is 30.5 Å². The van der Waals surface area contributed by atoms with Crippen molar-refractivity contribution in [3.63, 3.8) is 0 Å². The molecule has 0 spiro atoms. The summed E-state index contributed by atoms with van der Waals surface area (Å²) in [5.41, 5.74) is 0.645. The molecule has 2 rings (SSSR count). The minimum atomic E-state index is -0.508. The van der Waals surface area contributed by atoms with Crippen molar-refractivity contribution in [2.24, 2.45) is 0 Å². The Kier molecular flexibility index (Phi) is 4.72. The number of nitrogens with zero attached hydrogens (tertiary/aromatic N) is 1. The first-order chi connectivity index (χ1) is 10.5. The molecule has 1 aromatic rings. The standard InChI is InChI=1S/C15H15ClN2O4/c1-3-5-18-14(20)11(17-15(18)21)7-9-6-10(16)13(19)12(8-9)22-4-2/h3,6-8,19H,1,4-5H2,2H3,(H,17,21)/b11-7+. The van der Waals surface area contributed by atoms with Crippen molar-refractivity contribution in [3.8, 4) is 11.5 Å². The second-order valence-electron chi connectivity index (χ2n) is 4.48. The monoisotopic (exact) mass is 322 g/mol. The Hall–Kier alpha value is -2.47. The summed E-state index contributed by atoms with van der Waals surface area (Å²) in [4.78, 5) is 24.8. The zero-order chi connectivity index (χ0) is 16.3. The number of urea groups is 1. The fourth-order valence-electron chi connectivity index (χ4n) is 1.98. The number of ether oxygens (including phenoxy) is 1. The second-order valence-corrected chi connectivity index (χ2v) is 4.88. The van der Waals surface area contributed by atoms with Gasteiger partial charge in [0.1, 0.15) is 5.70 Å². The second kappa shape index (κ2) is 6.53. The Balaban J connectivity index is 2.35. The number of phenols is 1. The molecule has 6 nitrogen and oxygen atoms in total. The van der Waals surface area contributed by atoms with Gasteiger partial charge in [-0.1, -0.05) is 17.7 Å². The van der Waals surface area contributed by atoms with E-state index in [0.717, 1.165) is 4.90 Å². The van der Waals surface area contributed by atoms with Gasteiger partial charge in [0.15, 0.2) is 11.5 Å². The predicted octanol–water partition coefficient (Wildman–Crippen LogP) is 2.52. The average molecular weight is 323 g/mol. The van der Waals surface area contributed by atoms with Crippen LogP contribution in [0.4, 0.5) is 4.79 Å². The van der Waals surface area contributed by atoms with E-state index in [-0.39, 0.29) is 28.8 Å². The van der Waals surface area contributed by atoms with Gasteiger partial charge in [-0.05, 0) is 30.7 Å². The fraction of sp³-hybridized carbons (Fsp3) is 0.200. The normalized spacial score (nSPS) is 16.1. The number of carbonyl (C=O) groups excluding carboxylic acids is 2. The van der Waals surface area contributed by atoms with Crippen molar-refractivity contribution in [3.05, 3.63) is 41.1 Å². The van der Waals surface area contributed by atoms with Crippen LogP contribution in [0.3, 0.4) is 0 Å². The molecule has 22 heavy (non-hydrogen) atoms. The number of aromatic hydroxyl groups is 1. The number of rotatable bonds is 5. The van der Waals surface area contributed by atoms with Gasteiger partial charge < -0.3 is 15.2 Å². The number of phenolic OH excluding ortho intramolecular Hbond substituents is 1. The Bertz CT molecular complexity index is 670. The highest BCUT2D eigenvalue weighted by Crippen LogP contribution is 2.36. The van der Waals surface area contributed by atoms with Crippen LogP contribution in [-0.2, 0) is 4.79 Å². The van der Waals surface area contributed by atoms with Crippen molar-refractivity contribution in [1.29, 1.82) is 0 Å². The van der Waals surface area contributed by atoms with Crippen LogP contribution in [0.2, 0.25) is 5.02 Å². The molecule has 0 saturated carbocycles. The summed E-state index contributed by atoms with van der Waals surface area (Å²) in [6.07, 6.45) is 2.93. The van der Waals surface area contributed by atoms with Crippen LogP contribution in [-0.4, -0.2) is 35.1 Å². The zero-order valence-corrected chi connectivity index (χ0v) is 12.7. The summed E-state index contributed by atoms with van der Waals surface area (Å²) >= 11 is 5.93. The Labute approximate surface area is 132 Å². The average Bonchev–Trinajstić information content (AvgIpc) is 2.72. The maximum atomic E-state index is 12.1. The molecule has 3 amide bonds. The largest absolute Gasteiger partial charge is 0.503 e. The summed E-state index contributed by atoms with van der Waals surface area (Å²) in [6, 6.07) is 2.50. The Morgan fingerprint density at radius 2 is 2.18 bits per heavy atom. The van der Waals surface area contributed by atoms with E-state index in [9.17, 15) is 14.7 Å².